The zero-order chi connectivity index (χ0) is 20.5. The van der Waals surface area contributed by atoms with Gasteiger partial charge in [0, 0.05) is 49.5 Å². The summed E-state index contributed by atoms with van der Waals surface area (Å²) in [5.74, 6) is -0.356. The molecule has 0 aromatic carbocycles. The Morgan fingerprint density at radius 2 is 1.21 bits per heavy atom. The highest BCUT2D eigenvalue weighted by atomic mass is 16.4. The van der Waals surface area contributed by atoms with Crippen molar-refractivity contribution in [3.8, 4) is 0 Å². The van der Waals surface area contributed by atoms with Crippen molar-refractivity contribution >= 4 is 11.9 Å². The number of carboxylic acids is 2. The number of nitrogens with zero attached hydrogens (tertiary/aromatic N) is 2. The van der Waals surface area contributed by atoms with E-state index in [4.69, 9.17) is 21.7 Å². The van der Waals surface area contributed by atoms with Gasteiger partial charge in [0.1, 0.15) is 23.7 Å². The van der Waals surface area contributed by atoms with Crippen molar-refractivity contribution in [1.29, 1.82) is 0 Å². The van der Waals surface area contributed by atoms with E-state index < -0.39 is 24.0 Å². The fourth-order valence-corrected chi connectivity index (χ4v) is 2.86. The van der Waals surface area contributed by atoms with Crippen molar-refractivity contribution in [3.05, 3.63) is 35.4 Å². The summed E-state index contributed by atoms with van der Waals surface area (Å²) in [6.45, 7) is 0. The monoisotopic (exact) mass is 392 g/mol. The molecule has 0 saturated carbocycles. The van der Waals surface area contributed by atoms with Gasteiger partial charge < -0.3 is 31.6 Å². The van der Waals surface area contributed by atoms with Gasteiger partial charge in [0.15, 0.2) is 0 Å². The van der Waals surface area contributed by atoms with Crippen LogP contribution in [0.2, 0.25) is 0 Å². The third kappa shape index (κ3) is 7.12. The SMILES string of the molecule is NC(Cc1cnc(CCCCCCc2ncc(CC(N)C(=O)O)[nH]2)[nH]1)C(=O)O. The van der Waals surface area contributed by atoms with Gasteiger partial charge in [-0.15, -0.1) is 0 Å². The average Bonchev–Trinajstić information content (AvgIpc) is 3.27. The number of imidazole rings is 2. The van der Waals surface area contributed by atoms with E-state index in [0.29, 0.717) is 0 Å². The number of hydrogen-bond donors (Lipinski definition) is 6. The van der Waals surface area contributed by atoms with Crippen molar-refractivity contribution in [3.63, 3.8) is 0 Å². The maximum atomic E-state index is 10.8. The summed E-state index contributed by atoms with van der Waals surface area (Å²) in [5, 5.41) is 17.6. The van der Waals surface area contributed by atoms with Crippen molar-refractivity contribution < 1.29 is 19.8 Å². The van der Waals surface area contributed by atoms with Gasteiger partial charge >= 0.3 is 11.9 Å². The van der Waals surface area contributed by atoms with E-state index in [0.717, 1.165) is 61.6 Å². The first-order valence-electron chi connectivity index (χ1n) is 9.37. The number of nitrogens with one attached hydrogen (secondary N) is 2. The molecule has 0 bridgehead atoms. The van der Waals surface area contributed by atoms with Gasteiger partial charge in [-0.25, -0.2) is 9.97 Å². The van der Waals surface area contributed by atoms with Crippen LogP contribution in [0.3, 0.4) is 0 Å². The highest BCUT2D eigenvalue weighted by molar-refractivity contribution is 5.73. The molecule has 0 spiro atoms. The normalized spacial score (nSPS) is 13.4. The molecule has 2 heterocycles. The number of aryl methyl sites for hydroxylation is 2. The topological polar surface area (TPSA) is 184 Å². The Morgan fingerprint density at radius 1 is 0.821 bits per heavy atom. The smallest absolute Gasteiger partial charge is 0.320 e. The lowest BCUT2D eigenvalue weighted by Crippen LogP contribution is -2.32. The van der Waals surface area contributed by atoms with Gasteiger partial charge in [0.25, 0.3) is 0 Å². The molecular weight excluding hydrogens is 364 g/mol. The lowest BCUT2D eigenvalue weighted by Gasteiger charge is -2.03. The van der Waals surface area contributed by atoms with Crippen molar-refractivity contribution in [2.24, 2.45) is 11.5 Å². The number of aliphatic carboxylic acids is 2. The molecule has 2 atom stereocenters. The second kappa shape index (κ2) is 10.6. The summed E-state index contributed by atoms with van der Waals surface area (Å²) in [5.41, 5.74) is 12.5. The van der Waals surface area contributed by atoms with Crippen molar-refractivity contribution in [2.75, 3.05) is 0 Å². The van der Waals surface area contributed by atoms with Crippen molar-refractivity contribution in [2.45, 2.75) is 63.5 Å². The molecule has 2 unspecified atom stereocenters. The fraction of sp³-hybridized carbons (Fsp3) is 0.556. The molecule has 0 saturated heterocycles. The number of nitrogens with two attached hydrogens (primary N) is 2. The average molecular weight is 392 g/mol. The van der Waals surface area contributed by atoms with E-state index in [2.05, 4.69) is 19.9 Å². The third-order valence-electron chi connectivity index (χ3n) is 4.45. The largest absolute Gasteiger partial charge is 0.480 e. The second-order valence-electron chi connectivity index (χ2n) is 6.92. The first kappa shape index (κ1) is 21.6. The molecule has 28 heavy (non-hydrogen) atoms. The summed E-state index contributed by atoms with van der Waals surface area (Å²) in [7, 11) is 0. The number of carboxylic acid groups (broad SMARTS) is 2. The molecule has 2 aromatic rings. The zero-order valence-corrected chi connectivity index (χ0v) is 15.7. The summed E-state index contributed by atoms with van der Waals surface area (Å²) in [6.07, 6.45) is 9.43. The molecule has 0 radical (unpaired) electrons. The Morgan fingerprint density at radius 3 is 1.57 bits per heavy atom. The summed E-state index contributed by atoms with van der Waals surface area (Å²) < 4.78 is 0. The summed E-state index contributed by atoms with van der Waals surface area (Å²) in [6, 6.07) is -1.84. The van der Waals surface area contributed by atoms with E-state index in [1.807, 2.05) is 0 Å². The Balaban J connectivity index is 1.60. The van der Waals surface area contributed by atoms with Gasteiger partial charge in [-0.3, -0.25) is 9.59 Å². The molecule has 0 aliphatic heterocycles. The number of aromatic nitrogens is 4. The minimum absolute atomic E-state index is 0.241. The van der Waals surface area contributed by atoms with Crippen LogP contribution in [-0.2, 0) is 35.3 Å². The van der Waals surface area contributed by atoms with Gasteiger partial charge in [-0.2, -0.15) is 0 Å². The van der Waals surface area contributed by atoms with Gasteiger partial charge in [-0.05, 0) is 12.8 Å². The minimum Gasteiger partial charge on any atom is -0.480 e. The fourth-order valence-electron chi connectivity index (χ4n) is 2.86. The minimum atomic E-state index is -1.02. The standard InChI is InChI=1S/C18H28N6O4/c19-13(17(25)26)7-11-9-21-15(23-11)5-3-1-2-4-6-16-22-10-12(24-16)8-14(20)18(27)28/h9-10,13-14H,1-8,19-20H2,(H,21,23)(H,22,24)(H,25,26)(H,27,28). The number of hydrogen-bond acceptors (Lipinski definition) is 6. The number of rotatable bonds is 13. The van der Waals surface area contributed by atoms with E-state index in [1.165, 1.54) is 0 Å². The van der Waals surface area contributed by atoms with E-state index in [1.54, 1.807) is 12.4 Å². The van der Waals surface area contributed by atoms with E-state index in [9.17, 15) is 9.59 Å². The number of unbranched alkanes of at least 4 members (excludes halogenated alkanes) is 3. The Kier molecular flexibility index (Phi) is 8.15. The number of aromatic amines is 2. The molecule has 8 N–H and O–H groups in total. The summed E-state index contributed by atoms with van der Waals surface area (Å²) >= 11 is 0. The molecule has 154 valence electrons. The van der Waals surface area contributed by atoms with Crippen LogP contribution in [0.15, 0.2) is 12.4 Å². The second-order valence-corrected chi connectivity index (χ2v) is 6.92. The predicted octanol–water partition coefficient (Wildman–Crippen LogP) is 0.387. The van der Waals surface area contributed by atoms with E-state index >= 15 is 0 Å². The molecule has 2 aromatic heterocycles. The molecule has 10 nitrogen and oxygen atoms in total. The zero-order valence-electron chi connectivity index (χ0n) is 15.7. The predicted molar refractivity (Wildman–Crippen MR) is 102 cm³/mol. The Labute approximate surface area is 162 Å². The molecular formula is C18H28N6O4. The molecule has 0 amide bonds. The molecule has 0 aliphatic carbocycles. The van der Waals surface area contributed by atoms with Crippen LogP contribution in [-0.4, -0.2) is 54.2 Å². The van der Waals surface area contributed by atoms with Crippen LogP contribution in [0, 0.1) is 0 Å². The van der Waals surface area contributed by atoms with Gasteiger partial charge in [-0.1, -0.05) is 12.8 Å². The van der Waals surface area contributed by atoms with Crippen LogP contribution in [0.4, 0.5) is 0 Å². The quantitative estimate of drug-likeness (QED) is 0.264. The maximum absolute atomic E-state index is 10.8. The molecule has 10 heteroatoms. The first-order valence-corrected chi connectivity index (χ1v) is 9.37. The van der Waals surface area contributed by atoms with Gasteiger partial charge in [0.05, 0.1) is 0 Å². The molecule has 2 rings (SSSR count). The highest BCUT2D eigenvalue weighted by Crippen LogP contribution is 2.10. The van der Waals surface area contributed by atoms with E-state index in [-0.39, 0.29) is 12.8 Å². The van der Waals surface area contributed by atoms with Crippen molar-refractivity contribution in [1.82, 2.24) is 19.9 Å². The maximum Gasteiger partial charge on any atom is 0.320 e. The van der Waals surface area contributed by atoms with Crippen LogP contribution in [0.1, 0.15) is 48.7 Å². The van der Waals surface area contributed by atoms with Crippen LogP contribution in [0.5, 0.6) is 0 Å². The summed E-state index contributed by atoms with van der Waals surface area (Å²) in [4.78, 5) is 36.3. The molecule has 0 fully saturated rings. The lowest BCUT2D eigenvalue weighted by atomic mass is 10.1. The van der Waals surface area contributed by atoms with Crippen LogP contribution in [0.25, 0.3) is 0 Å². The Hall–Kier alpha value is -2.72. The highest BCUT2D eigenvalue weighted by Gasteiger charge is 2.14. The Bertz CT molecular complexity index is 707. The molecule has 0 aliphatic rings. The third-order valence-corrected chi connectivity index (χ3v) is 4.45. The van der Waals surface area contributed by atoms with Gasteiger partial charge in [0.2, 0.25) is 0 Å². The lowest BCUT2D eigenvalue weighted by molar-refractivity contribution is -0.139. The van der Waals surface area contributed by atoms with Crippen LogP contribution >= 0.6 is 0 Å². The van der Waals surface area contributed by atoms with Crippen LogP contribution < -0.4 is 11.5 Å². The first-order chi connectivity index (χ1) is 13.3. The number of H-pyrrole nitrogens is 2. The number of carbonyl (C=O) groups is 2.